The van der Waals surface area contributed by atoms with Gasteiger partial charge in [-0.1, -0.05) is 13.8 Å². The first-order valence-corrected chi connectivity index (χ1v) is 6.10. The monoisotopic (exact) mass is 222 g/mol. The van der Waals surface area contributed by atoms with Crippen molar-refractivity contribution < 1.29 is 0 Å². The molecule has 0 aromatic carbocycles. The third-order valence-electron chi connectivity index (χ3n) is 3.07. The van der Waals surface area contributed by atoms with E-state index in [2.05, 4.69) is 35.2 Å². The van der Waals surface area contributed by atoms with Gasteiger partial charge in [-0.2, -0.15) is 5.10 Å². The van der Waals surface area contributed by atoms with Gasteiger partial charge in [-0.3, -0.25) is 4.68 Å². The molecule has 0 bridgehead atoms. The van der Waals surface area contributed by atoms with Crippen molar-refractivity contribution in [1.29, 1.82) is 0 Å². The van der Waals surface area contributed by atoms with Crippen molar-refractivity contribution in [2.45, 2.75) is 13.8 Å². The fraction of sp³-hybridized carbons (Fsp3) is 0.750. The van der Waals surface area contributed by atoms with Crippen molar-refractivity contribution in [2.24, 2.45) is 18.9 Å². The second-order valence-electron chi connectivity index (χ2n) is 5.12. The van der Waals surface area contributed by atoms with Crippen LogP contribution in [0.1, 0.15) is 13.8 Å². The molecule has 0 aliphatic carbocycles. The van der Waals surface area contributed by atoms with Crippen LogP contribution in [0.5, 0.6) is 0 Å². The summed E-state index contributed by atoms with van der Waals surface area (Å²) in [6.07, 6.45) is 2.02. The molecular formula is C12H22N4. The van der Waals surface area contributed by atoms with Crippen molar-refractivity contribution in [3.63, 3.8) is 0 Å². The maximum Gasteiger partial charge on any atom is 0.150 e. The predicted octanol–water partition coefficient (Wildman–Crippen LogP) is 1.10. The van der Waals surface area contributed by atoms with E-state index < -0.39 is 0 Å². The molecule has 1 aliphatic rings. The highest BCUT2D eigenvalue weighted by Gasteiger charge is 2.18. The van der Waals surface area contributed by atoms with Crippen LogP contribution in [-0.4, -0.2) is 36.0 Å². The Kier molecular flexibility index (Phi) is 3.49. The summed E-state index contributed by atoms with van der Waals surface area (Å²) in [6.45, 7) is 8.97. The van der Waals surface area contributed by atoms with Gasteiger partial charge in [-0.15, -0.1) is 0 Å². The maximum absolute atomic E-state index is 4.50. The van der Waals surface area contributed by atoms with Crippen LogP contribution in [0.15, 0.2) is 12.3 Å². The van der Waals surface area contributed by atoms with Gasteiger partial charge in [0.15, 0.2) is 5.82 Å². The first-order valence-electron chi connectivity index (χ1n) is 6.10. The number of aromatic nitrogens is 2. The average molecular weight is 222 g/mol. The van der Waals surface area contributed by atoms with Crippen LogP contribution in [0.2, 0.25) is 0 Å². The lowest BCUT2D eigenvalue weighted by atomic mass is 10.1. The lowest BCUT2D eigenvalue weighted by Crippen LogP contribution is -2.42. The average Bonchev–Trinajstić information content (AvgIpc) is 2.61. The lowest BCUT2D eigenvalue weighted by Gasteiger charge is -2.31. The zero-order valence-electron chi connectivity index (χ0n) is 10.5. The summed E-state index contributed by atoms with van der Waals surface area (Å²) < 4.78 is 1.88. The molecule has 2 rings (SSSR count). The second-order valence-corrected chi connectivity index (χ2v) is 5.12. The number of hydrogen-bond acceptors (Lipinski definition) is 3. The van der Waals surface area contributed by atoms with E-state index in [1.54, 1.807) is 0 Å². The van der Waals surface area contributed by atoms with Crippen molar-refractivity contribution in [1.82, 2.24) is 15.1 Å². The molecule has 1 aromatic rings. The molecule has 2 atom stereocenters. The Morgan fingerprint density at radius 1 is 1.25 bits per heavy atom. The minimum atomic E-state index is 0.675. The molecule has 4 heteroatoms. The van der Waals surface area contributed by atoms with Gasteiger partial charge < -0.3 is 10.2 Å². The number of nitrogens with one attached hydrogen (secondary N) is 1. The largest absolute Gasteiger partial charge is 0.355 e. The molecule has 0 radical (unpaired) electrons. The minimum absolute atomic E-state index is 0.675. The molecule has 0 amide bonds. The standard InChI is InChI=1S/C12H22N4/c1-10-6-13-7-11(2)9-16(8-10)12-4-5-15(3)14-12/h4-5,10-11,13H,6-9H2,1-3H3. The molecule has 1 aliphatic heterocycles. The third kappa shape index (κ3) is 2.76. The second kappa shape index (κ2) is 4.87. The van der Waals surface area contributed by atoms with E-state index in [-0.39, 0.29) is 0 Å². The molecule has 0 spiro atoms. The Bertz CT molecular complexity index is 322. The van der Waals surface area contributed by atoms with Gasteiger partial charge in [0.2, 0.25) is 0 Å². The maximum atomic E-state index is 4.50. The summed E-state index contributed by atoms with van der Waals surface area (Å²) in [7, 11) is 1.97. The van der Waals surface area contributed by atoms with E-state index in [1.807, 2.05) is 17.9 Å². The van der Waals surface area contributed by atoms with Crippen LogP contribution >= 0.6 is 0 Å². The topological polar surface area (TPSA) is 33.1 Å². The first kappa shape index (κ1) is 11.5. The highest BCUT2D eigenvalue weighted by Crippen LogP contribution is 2.16. The van der Waals surface area contributed by atoms with Crippen molar-refractivity contribution in [3.8, 4) is 0 Å². The van der Waals surface area contributed by atoms with E-state index >= 15 is 0 Å². The molecule has 2 heterocycles. The number of aryl methyl sites for hydroxylation is 1. The Labute approximate surface area is 97.6 Å². The van der Waals surface area contributed by atoms with Gasteiger partial charge >= 0.3 is 0 Å². The molecule has 0 saturated carbocycles. The Balaban J connectivity index is 2.10. The van der Waals surface area contributed by atoms with E-state index in [1.165, 1.54) is 0 Å². The smallest absolute Gasteiger partial charge is 0.150 e. The SMILES string of the molecule is CC1CNCC(C)CN(c2ccn(C)n2)C1. The van der Waals surface area contributed by atoms with Crippen molar-refractivity contribution >= 4 is 5.82 Å². The van der Waals surface area contributed by atoms with Gasteiger partial charge in [-0.05, 0) is 24.9 Å². The zero-order chi connectivity index (χ0) is 11.5. The number of rotatable bonds is 1. The fourth-order valence-corrected chi connectivity index (χ4v) is 2.29. The van der Waals surface area contributed by atoms with Gasteiger partial charge in [0.25, 0.3) is 0 Å². The molecule has 1 aromatic heterocycles. The van der Waals surface area contributed by atoms with Crippen LogP contribution in [-0.2, 0) is 7.05 Å². The predicted molar refractivity (Wildman–Crippen MR) is 66.6 cm³/mol. The van der Waals surface area contributed by atoms with Gasteiger partial charge in [0.05, 0.1) is 0 Å². The molecular weight excluding hydrogens is 200 g/mol. The summed E-state index contributed by atoms with van der Waals surface area (Å²) in [5.41, 5.74) is 0. The summed E-state index contributed by atoms with van der Waals surface area (Å²) in [6, 6.07) is 2.11. The molecule has 1 fully saturated rings. The first-order chi connectivity index (χ1) is 7.65. The zero-order valence-corrected chi connectivity index (χ0v) is 10.5. The molecule has 90 valence electrons. The Morgan fingerprint density at radius 3 is 2.38 bits per heavy atom. The van der Waals surface area contributed by atoms with Gasteiger partial charge in [0, 0.05) is 32.4 Å². The molecule has 1 N–H and O–H groups in total. The van der Waals surface area contributed by atoms with E-state index in [9.17, 15) is 0 Å². The van der Waals surface area contributed by atoms with Crippen LogP contribution in [0, 0.1) is 11.8 Å². The van der Waals surface area contributed by atoms with Crippen LogP contribution in [0.4, 0.5) is 5.82 Å². The van der Waals surface area contributed by atoms with Gasteiger partial charge in [-0.25, -0.2) is 0 Å². The van der Waals surface area contributed by atoms with Gasteiger partial charge in [0.1, 0.15) is 0 Å². The minimum Gasteiger partial charge on any atom is -0.355 e. The number of hydrogen-bond donors (Lipinski definition) is 1. The van der Waals surface area contributed by atoms with Crippen molar-refractivity contribution in [2.75, 3.05) is 31.1 Å². The molecule has 16 heavy (non-hydrogen) atoms. The van der Waals surface area contributed by atoms with Crippen LogP contribution in [0.3, 0.4) is 0 Å². The van der Waals surface area contributed by atoms with Crippen LogP contribution < -0.4 is 10.2 Å². The quantitative estimate of drug-likeness (QED) is 0.772. The number of anilines is 1. The summed E-state index contributed by atoms with van der Waals surface area (Å²) in [5.74, 6) is 2.46. The third-order valence-corrected chi connectivity index (χ3v) is 3.07. The number of nitrogens with zero attached hydrogens (tertiary/aromatic N) is 3. The highest BCUT2D eigenvalue weighted by molar-refractivity contribution is 5.37. The van der Waals surface area contributed by atoms with Crippen molar-refractivity contribution in [3.05, 3.63) is 12.3 Å². The summed E-state index contributed by atoms with van der Waals surface area (Å²) in [5, 5.41) is 8.01. The Hall–Kier alpha value is -1.03. The normalized spacial score (nSPS) is 27.6. The molecule has 4 nitrogen and oxygen atoms in total. The van der Waals surface area contributed by atoms with E-state index in [0.717, 1.165) is 32.0 Å². The van der Waals surface area contributed by atoms with Crippen LogP contribution in [0.25, 0.3) is 0 Å². The Morgan fingerprint density at radius 2 is 1.88 bits per heavy atom. The lowest BCUT2D eigenvalue weighted by molar-refractivity contribution is 0.408. The summed E-state index contributed by atoms with van der Waals surface area (Å²) in [4.78, 5) is 2.41. The van der Waals surface area contributed by atoms with E-state index in [4.69, 9.17) is 0 Å². The fourth-order valence-electron chi connectivity index (χ4n) is 2.29. The highest BCUT2D eigenvalue weighted by atomic mass is 15.3. The summed E-state index contributed by atoms with van der Waals surface area (Å²) >= 11 is 0. The molecule has 1 saturated heterocycles. The van der Waals surface area contributed by atoms with E-state index in [0.29, 0.717) is 11.8 Å². The molecule has 2 unspecified atom stereocenters.